The average molecular weight is 354 g/mol. The maximum atomic E-state index is 12.2. The van der Waals surface area contributed by atoms with Gasteiger partial charge in [0.15, 0.2) is 0 Å². The minimum Gasteiger partial charge on any atom is -0.481 e. The molecule has 1 aromatic heterocycles. The van der Waals surface area contributed by atoms with Crippen LogP contribution in [-0.4, -0.2) is 44.2 Å². The lowest BCUT2D eigenvalue weighted by Gasteiger charge is -2.18. The molecule has 0 spiro atoms. The number of para-hydroxylation sites is 1. The summed E-state index contributed by atoms with van der Waals surface area (Å²) in [5.74, 6) is -2.51. The molecule has 1 aromatic carbocycles. The van der Waals surface area contributed by atoms with Crippen molar-refractivity contribution in [3.63, 3.8) is 0 Å². The van der Waals surface area contributed by atoms with Gasteiger partial charge in [0.05, 0.1) is 0 Å². The molecule has 130 valence electrons. The molecular weight excluding hydrogens is 335 g/mol. The number of fused-ring (bicyclic) bond motifs is 1. The van der Waals surface area contributed by atoms with E-state index in [0.29, 0.717) is 0 Å². The first-order valence-electron chi connectivity index (χ1n) is 7.38. The van der Waals surface area contributed by atoms with Crippen molar-refractivity contribution in [3.05, 3.63) is 36.0 Å². The van der Waals surface area contributed by atoms with Gasteiger partial charge in [-0.3, -0.25) is 14.2 Å². The van der Waals surface area contributed by atoms with Crippen LogP contribution in [0.4, 0.5) is 0 Å². The van der Waals surface area contributed by atoms with Gasteiger partial charge in [-0.05, 0) is 24.5 Å². The molecule has 0 bridgehead atoms. The van der Waals surface area contributed by atoms with Crippen LogP contribution < -0.4 is 5.09 Å². The van der Waals surface area contributed by atoms with Gasteiger partial charge in [-0.15, -0.1) is 0 Å². The van der Waals surface area contributed by atoms with E-state index in [9.17, 15) is 19.0 Å². The molecule has 24 heavy (non-hydrogen) atoms. The van der Waals surface area contributed by atoms with E-state index in [1.165, 1.54) is 0 Å². The average Bonchev–Trinajstić information content (AvgIpc) is 2.92. The smallest absolute Gasteiger partial charge is 0.321 e. The molecule has 2 atom stereocenters. The van der Waals surface area contributed by atoms with Crippen molar-refractivity contribution >= 4 is 30.4 Å². The molecule has 2 unspecified atom stereocenters. The zero-order valence-corrected chi connectivity index (χ0v) is 13.7. The number of hydrogen-bond donors (Lipinski definition) is 5. The van der Waals surface area contributed by atoms with Gasteiger partial charge in [0.25, 0.3) is 7.52 Å². The summed E-state index contributed by atoms with van der Waals surface area (Å²) in [6, 6.07) is 6.15. The number of nitrogens with one attached hydrogen (secondary N) is 2. The van der Waals surface area contributed by atoms with Gasteiger partial charge in [-0.25, -0.2) is 5.09 Å². The summed E-state index contributed by atoms with van der Waals surface area (Å²) >= 11 is 0. The Morgan fingerprint density at radius 1 is 1.25 bits per heavy atom. The Balaban J connectivity index is 2.00. The third-order valence-corrected chi connectivity index (χ3v) is 5.21. The van der Waals surface area contributed by atoms with Crippen molar-refractivity contribution in [2.24, 2.45) is 0 Å². The number of carboxylic acids is 2. The minimum atomic E-state index is -3.92. The van der Waals surface area contributed by atoms with Crippen LogP contribution >= 0.6 is 7.52 Å². The van der Waals surface area contributed by atoms with Crippen LogP contribution in [0.2, 0.25) is 0 Å². The number of benzene rings is 1. The van der Waals surface area contributed by atoms with E-state index in [-0.39, 0.29) is 19.0 Å². The van der Waals surface area contributed by atoms with Crippen LogP contribution in [0.3, 0.4) is 0 Å². The SMILES string of the molecule is O=C(O)CCC(NP(=O)(O)CCc1c[nH]c2ccccc12)C(=O)O. The number of hydrogen-bond acceptors (Lipinski definition) is 3. The highest BCUT2D eigenvalue weighted by atomic mass is 31.2. The van der Waals surface area contributed by atoms with Gasteiger partial charge in [0.1, 0.15) is 6.04 Å². The highest BCUT2D eigenvalue weighted by molar-refractivity contribution is 7.55. The molecule has 5 N–H and O–H groups in total. The maximum Gasteiger partial charge on any atom is 0.321 e. The number of aromatic nitrogens is 1. The summed E-state index contributed by atoms with van der Waals surface area (Å²) in [4.78, 5) is 34.7. The van der Waals surface area contributed by atoms with Gasteiger partial charge in [0.2, 0.25) is 0 Å². The second kappa shape index (κ2) is 7.61. The van der Waals surface area contributed by atoms with E-state index in [1.54, 1.807) is 6.20 Å². The molecule has 0 aliphatic rings. The summed E-state index contributed by atoms with van der Waals surface area (Å²) in [6.07, 6.45) is 1.24. The van der Waals surface area contributed by atoms with Crippen molar-refractivity contribution in [1.82, 2.24) is 10.1 Å². The summed E-state index contributed by atoms with van der Waals surface area (Å²) in [5.41, 5.74) is 1.78. The Kier molecular flexibility index (Phi) is 5.77. The van der Waals surface area contributed by atoms with Crippen LogP contribution in [0.1, 0.15) is 18.4 Å². The molecule has 0 amide bonds. The quantitative estimate of drug-likeness (QED) is 0.433. The second-order valence-corrected chi connectivity index (χ2v) is 7.60. The Morgan fingerprint density at radius 2 is 1.96 bits per heavy atom. The molecule has 0 saturated carbocycles. The van der Waals surface area contributed by atoms with Crippen LogP contribution in [0.25, 0.3) is 10.9 Å². The number of rotatable bonds is 9. The predicted molar refractivity (Wildman–Crippen MR) is 88.1 cm³/mol. The van der Waals surface area contributed by atoms with E-state index in [4.69, 9.17) is 10.2 Å². The number of carboxylic acid groups (broad SMARTS) is 2. The monoisotopic (exact) mass is 354 g/mol. The van der Waals surface area contributed by atoms with E-state index in [0.717, 1.165) is 16.5 Å². The fraction of sp³-hybridized carbons (Fsp3) is 0.333. The molecule has 0 aliphatic carbocycles. The van der Waals surface area contributed by atoms with E-state index in [1.807, 2.05) is 24.3 Å². The number of aliphatic carboxylic acids is 2. The first-order chi connectivity index (χ1) is 11.3. The minimum absolute atomic E-state index is 0.147. The highest BCUT2D eigenvalue weighted by Gasteiger charge is 2.28. The number of aromatic amines is 1. The highest BCUT2D eigenvalue weighted by Crippen LogP contribution is 2.38. The number of H-pyrrole nitrogens is 1. The lowest BCUT2D eigenvalue weighted by Crippen LogP contribution is -2.35. The Bertz CT molecular complexity index is 787. The Morgan fingerprint density at radius 3 is 2.62 bits per heavy atom. The van der Waals surface area contributed by atoms with E-state index in [2.05, 4.69) is 10.1 Å². The Labute approximate surface area is 138 Å². The first kappa shape index (κ1) is 18.2. The topological polar surface area (TPSA) is 140 Å². The molecule has 0 saturated heterocycles. The van der Waals surface area contributed by atoms with Gasteiger partial charge in [-0.2, -0.15) is 0 Å². The molecular formula is C15H19N2O6P. The van der Waals surface area contributed by atoms with Gasteiger partial charge in [-0.1, -0.05) is 18.2 Å². The van der Waals surface area contributed by atoms with Crippen molar-refractivity contribution < 1.29 is 29.3 Å². The standard InChI is InChI=1S/C15H19N2O6P/c18-14(19)6-5-13(15(20)21)17-24(22,23)8-7-10-9-16-12-4-2-1-3-11(10)12/h1-4,9,13,16H,5-8H2,(H,18,19)(H,20,21)(H2,17,22,23). The van der Waals surface area contributed by atoms with Crippen LogP contribution in [0.15, 0.2) is 30.5 Å². The second-order valence-electron chi connectivity index (χ2n) is 5.49. The number of carbonyl (C=O) groups is 2. The largest absolute Gasteiger partial charge is 0.481 e. The van der Waals surface area contributed by atoms with Crippen molar-refractivity contribution in [3.8, 4) is 0 Å². The fourth-order valence-electron chi connectivity index (χ4n) is 2.43. The summed E-state index contributed by atoms with van der Waals surface area (Å²) < 4.78 is 12.2. The number of aryl methyl sites for hydroxylation is 1. The normalized spacial score (nSPS) is 15.0. The van der Waals surface area contributed by atoms with Gasteiger partial charge in [0, 0.05) is 29.7 Å². The van der Waals surface area contributed by atoms with Crippen LogP contribution in [-0.2, 0) is 20.6 Å². The van der Waals surface area contributed by atoms with Crippen LogP contribution in [0, 0.1) is 0 Å². The summed E-state index contributed by atoms with van der Waals surface area (Å²) in [6.45, 7) is 0. The summed E-state index contributed by atoms with van der Waals surface area (Å²) in [7, 11) is -3.92. The van der Waals surface area contributed by atoms with Crippen molar-refractivity contribution in [2.75, 3.05) is 6.16 Å². The Hall–Kier alpha value is -2.15. The maximum absolute atomic E-state index is 12.2. The van der Waals surface area contributed by atoms with Crippen molar-refractivity contribution in [2.45, 2.75) is 25.3 Å². The zero-order valence-electron chi connectivity index (χ0n) is 12.8. The third-order valence-electron chi connectivity index (χ3n) is 3.66. The fourth-order valence-corrected chi connectivity index (χ4v) is 3.83. The van der Waals surface area contributed by atoms with Gasteiger partial charge >= 0.3 is 11.9 Å². The van der Waals surface area contributed by atoms with Gasteiger partial charge < -0.3 is 20.1 Å². The molecule has 0 radical (unpaired) electrons. The molecule has 2 aromatic rings. The third kappa shape index (κ3) is 4.92. The van der Waals surface area contributed by atoms with E-state index >= 15 is 0 Å². The molecule has 1 heterocycles. The molecule has 0 fully saturated rings. The zero-order chi connectivity index (χ0) is 17.7. The molecule has 9 heteroatoms. The summed E-state index contributed by atoms with van der Waals surface area (Å²) in [5, 5.41) is 20.8. The first-order valence-corrected chi connectivity index (χ1v) is 9.22. The van der Waals surface area contributed by atoms with E-state index < -0.39 is 31.9 Å². The molecule has 0 aliphatic heterocycles. The lowest BCUT2D eigenvalue weighted by atomic mass is 10.1. The lowest BCUT2D eigenvalue weighted by molar-refractivity contribution is -0.140. The van der Waals surface area contributed by atoms with Crippen molar-refractivity contribution in [1.29, 1.82) is 0 Å². The predicted octanol–water partition coefficient (Wildman–Crippen LogP) is 1.80. The molecule has 8 nitrogen and oxygen atoms in total. The molecule has 2 rings (SSSR count). The van der Waals surface area contributed by atoms with Crippen LogP contribution in [0.5, 0.6) is 0 Å².